The van der Waals surface area contributed by atoms with Gasteiger partial charge in [0.05, 0.1) is 10.6 Å². The van der Waals surface area contributed by atoms with Gasteiger partial charge in [-0.2, -0.15) is 0 Å². The monoisotopic (exact) mass is 546 g/mol. The Morgan fingerprint density at radius 3 is 2.69 bits per heavy atom. The summed E-state index contributed by atoms with van der Waals surface area (Å²) in [5.74, 6) is -0.287. The first-order chi connectivity index (χ1) is 17.4. The molecule has 3 aromatic heterocycles. The Labute approximate surface area is 214 Å². The molecule has 11 nitrogen and oxygen atoms in total. The van der Waals surface area contributed by atoms with Crippen LogP contribution in [-0.4, -0.2) is 54.5 Å². The molecular weight excluding hydrogens is 524 g/mol. The zero-order valence-corrected chi connectivity index (χ0v) is 21.5. The quantitative estimate of drug-likeness (QED) is 0.164. The van der Waals surface area contributed by atoms with Gasteiger partial charge in [-0.25, -0.2) is 23.4 Å². The summed E-state index contributed by atoms with van der Waals surface area (Å²) >= 11 is 2.55. The Morgan fingerprint density at radius 2 is 1.97 bits per heavy atom. The average molecular weight is 547 g/mol. The van der Waals surface area contributed by atoms with Gasteiger partial charge in [0.2, 0.25) is 0 Å². The summed E-state index contributed by atoms with van der Waals surface area (Å²) in [4.78, 5) is 31.9. The van der Waals surface area contributed by atoms with Gasteiger partial charge in [0.15, 0.2) is 27.3 Å². The summed E-state index contributed by atoms with van der Waals surface area (Å²) in [6.45, 7) is 0.420. The minimum absolute atomic E-state index is 0.0469. The molecule has 1 amide bonds. The first-order valence-electron chi connectivity index (χ1n) is 10.6. The van der Waals surface area contributed by atoms with Crippen molar-refractivity contribution in [1.29, 1.82) is 0 Å². The summed E-state index contributed by atoms with van der Waals surface area (Å²) in [5, 5.41) is 9.53. The number of nitrogens with two attached hydrogens (primary N) is 1. The molecule has 4 rings (SSSR count). The van der Waals surface area contributed by atoms with Crippen molar-refractivity contribution in [2.45, 2.75) is 17.9 Å². The van der Waals surface area contributed by atoms with Crippen LogP contribution < -0.4 is 11.1 Å². The summed E-state index contributed by atoms with van der Waals surface area (Å²) in [6.07, 6.45) is 2.02. The van der Waals surface area contributed by atoms with Crippen LogP contribution in [0.25, 0.3) is 10.3 Å². The van der Waals surface area contributed by atoms with Gasteiger partial charge >= 0.3 is 0 Å². The van der Waals surface area contributed by atoms with Gasteiger partial charge in [-0.1, -0.05) is 28.6 Å². The van der Waals surface area contributed by atoms with Gasteiger partial charge < -0.3 is 15.3 Å². The molecular formula is C22H22N6O5S3. The SMILES string of the molecule is COCCCS(=O)(=O)c1ccc(/C(=N\OCc2nccs2)C(=O)Nc2nc3ccc(N)nc3s2)cc1. The number of methoxy groups -OCH3 is 1. The molecule has 4 aromatic rings. The summed E-state index contributed by atoms with van der Waals surface area (Å²) in [7, 11) is -1.97. The van der Waals surface area contributed by atoms with Gasteiger partial charge in [-0.15, -0.1) is 11.3 Å². The number of hydrogen-bond acceptors (Lipinski definition) is 12. The number of rotatable bonds is 11. The normalized spacial score (nSPS) is 12.1. The molecule has 0 unspecified atom stereocenters. The maximum atomic E-state index is 13.2. The van der Waals surface area contributed by atoms with Gasteiger partial charge in [0.25, 0.3) is 5.91 Å². The maximum absolute atomic E-state index is 13.2. The van der Waals surface area contributed by atoms with Crippen LogP contribution in [0.15, 0.2) is 58.0 Å². The summed E-state index contributed by atoms with van der Waals surface area (Å²) in [5.41, 5.74) is 6.62. The number of carbonyl (C=O) groups excluding carboxylic acids is 1. The Balaban J connectivity index is 1.57. The molecule has 0 fully saturated rings. The van der Waals surface area contributed by atoms with Crippen LogP contribution in [0.2, 0.25) is 0 Å². The largest absolute Gasteiger partial charge is 0.388 e. The van der Waals surface area contributed by atoms with E-state index in [9.17, 15) is 13.2 Å². The number of carbonyl (C=O) groups is 1. The van der Waals surface area contributed by atoms with Crippen molar-refractivity contribution in [3.63, 3.8) is 0 Å². The predicted octanol–water partition coefficient (Wildman–Crippen LogP) is 3.10. The molecule has 3 heterocycles. The molecule has 14 heteroatoms. The number of pyridine rings is 1. The van der Waals surface area contributed by atoms with Crippen LogP contribution in [0.3, 0.4) is 0 Å². The number of anilines is 2. The Morgan fingerprint density at radius 1 is 1.17 bits per heavy atom. The number of nitrogens with zero attached hydrogens (tertiary/aromatic N) is 4. The second-order valence-corrected chi connectivity index (χ2v) is 11.4. The third kappa shape index (κ3) is 6.40. The van der Waals surface area contributed by atoms with Crippen molar-refractivity contribution in [2.24, 2.45) is 5.16 Å². The summed E-state index contributed by atoms with van der Waals surface area (Å²) < 4.78 is 30.0. The molecule has 0 spiro atoms. The molecule has 3 N–H and O–H groups in total. The van der Waals surface area contributed by atoms with E-state index in [2.05, 4.69) is 25.4 Å². The number of hydrogen-bond donors (Lipinski definition) is 2. The van der Waals surface area contributed by atoms with Crippen molar-refractivity contribution in [2.75, 3.05) is 30.5 Å². The van der Waals surface area contributed by atoms with Gasteiger partial charge in [-0.05, 0) is 30.7 Å². The van der Waals surface area contributed by atoms with E-state index in [1.165, 1.54) is 42.7 Å². The number of nitrogens with one attached hydrogen (secondary N) is 1. The van der Waals surface area contributed by atoms with Crippen LogP contribution in [0.1, 0.15) is 17.0 Å². The molecule has 0 saturated heterocycles. The second kappa shape index (κ2) is 11.5. The maximum Gasteiger partial charge on any atom is 0.280 e. The van der Waals surface area contributed by atoms with E-state index in [1.807, 2.05) is 0 Å². The highest BCUT2D eigenvalue weighted by Gasteiger charge is 2.20. The Bertz CT molecular complexity index is 1470. The number of ether oxygens (including phenoxy) is 1. The third-order valence-electron chi connectivity index (χ3n) is 4.79. The number of fused-ring (bicyclic) bond motifs is 1. The zero-order valence-electron chi connectivity index (χ0n) is 19.1. The molecule has 36 heavy (non-hydrogen) atoms. The molecule has 0 saturated carbocycles. The van der Waals surface area contributed by atoms with Gasteiger partial charge in [0, 0.05) is 30.9 Å². The lowest BCUT2D eigenvalue weighted by atomic mass is 10.1. The number of sulfone groups is 1. The predicted molar refractivity (Wildman–Crippen MR) is 139 cm³/mol. The van der Waals surface area contributed by atoms with Crippen LogP contribution in [0.5, 0.6) is 0 Å². The van der Waals surface area contributed by atoms with E-state index in [0.717, 1.165) is 11.3 Å². The Kier molecular flexibility index (Phi) is 8.20. The zero-order chi connectivity index (χ0) is 25.5. The highest BCUT2D eigenvalue weighted by molar-refractivity contribution is 7.91. The molecule has 0 atom stereocenters. The molecule has 0 bridgehead atoms. The van der Waals surface area contributed by atoms with E-state index in [0.29, 0.717) is 44.9 Å². The lowest BCUT2D eigenvalue weighted by molar-refractivity contribution is -0.110. The highest BCUT2D eigenvalue weighted by Crippen LogP contribution is 2.25. The number of oxime groups is 1. The van der Waals surface area contributed by atoms with Crippen molar-refractivity contribution in [3.05, 3.63) is 58.5 Å². The van der Waals surface area contributed by atoms with Gasteiger partial charge in [-0.3, -0.25) is 10.1 Å². The highest BCUT2D eigenvalue weighted by atomic mass is 32.2. The van der Waals surface area contributed by atoms with Crippen LogP contribution in [-0.2, 0) is 30.8 Å². The average Bonchev–Trinajstić information content (AvgIpc) is 3.51. The van der Waals surface area contributed by atoms with Crippen LogP contribution in [0, 0.1) is 0 Å². The van der Waals surface area contributed by atoms with E-state index in [1.54, 1.807) is 23.7 Å². The van der Waals surface area contributed by atoms with E-state index >= 15 is 0 Å². The van der Waals surface area contributed by atoms with Crippen LogP contribution in [0.4, 0.5) is 10.9 Å². The van der Waals surface area contributed by atoms with Crippen molar-refractivity contribution in [1.82, 2.24) is 15.0 Å². The topological polar surface area (TPSA) is 159 Å². The Hall–Kier alpha value is -3.46. The first kappa shape index (κ1) is 25.6. The standard InChI is InChI=1S/C22H22N6O5S3/c1-32-10-2-12-36(30,31)15-5-3-14(4-6-15)19(28-33-13-18-24-9-11-34-18)20(29)27-22-25-16-7-8-17(23)26-21(16)35-22/h3-9,11H,2,10,12-13H2,1H3,(H2,23,26)(H,25,27,29)/b28-19+. The fourth-order valence-electron chi connectivity index (χ4n) is 3.07. The third-order valence-corrected chi connectivity index (χ3v) is 8.24. The molecule has 0 aliphatic heterocycles. The number of thiazole rings is 2. The van der Waals surface area contributed by atoms with Crippen molar-refractivity contribution in [3.8, 4) is 0 Å². The van der Waals surface area contributed by atoms with E-state index in [4.69, 9.17) is 15.3 Å². The minimum Gasteiger partial charge on any atom is -0.388 e. The number of aromatic nitrogens is 3. The van der Waals surface area contributed by atoms with Crippen molar-refractivity contribution >= 4 is 65.4 Å². The van der Waals surface area contributed by atoms with Crippen molar-refractivity contribution < 1.29 is 22.8 Å². The first-order valence-corrected chi connectivity index (χ1v) is 14.0. The number of amides is 1. The minimum atomic E-state index is -3.49. The lowest BCUT2D eigenvalue weighted by Gasteiger charge is -2.08. The molecule has 0 radical (unpaired) electrons. The lowest BCUT2D eigenvalue weighted by Crippen LogP contribution is -2.24. The van der Waals surface area contributed by atoms with E-state index in [-0.39, 0.29) is 23.0 Å². The molecule has 1 aromatic carbocycles. The number of nitrogen functional groups attached to an aromatic ring is 1. The summed E-state index contributed by atoms with van der Waals surface area (Å²) in [6, 6.07) is 9.22. The molecule has 0 aliphatic carbocycles. The fraction of sp³-hybridized carbons (Fsp3) is 0.227. The second-order valence-electron chi connectivity index (χ2n) is 7.36. The molecule has 0 aliphatic rings. The van der Waals surface area contributed by atoms with Gasteiger partial charge in [0.1, 0.15) is 21.2 Å². The fourth-order valence-corrected chi connectivity index (χ4v) is 5.72. The van der Waals surface area contributed by atoms with E-state index < -0.39 is 15.7 Å². The van der Waals surface area contributed by atoms with Crippen LogP contribution >= 0.6 is 22.7 Å². The molecule has 188 valence electrons. The number of benzene rings is 1. The smallest absolute Gasteiger partial charge is 0.280 e.